The van der Waals surface area contributed by atoms with Crippen molar-refractivity contribution >= 4 is 25.9 Å². The van der Waals surface area contributed by atoms with E-state index in [1.54, 1.807) is 49.2 Å². The van der Waals surface area contributed by atoms with Gasteiger partial charge in [0.05, 0.1) is 31.9 Å². The van der Waals surface area contributed by atoms with Gasteiger partial charge in [-0.05, 0) is 36.9 Å². The number of benzene rings is 2. The molecule has 36 heavy (non-hydrogen) atoms. The molecule has 0 unspecified atom stereocenters. The van der Waals surface area contributed by atoms with Gasteiger partial charge in [-0.2, -0.15) is 0 Å². The number of likely N-dealkylation sites (N-methyl/N-ethyl adjacent to an activating group) is 1. The van der Waals surface area contributed by atoms with Crippen molar-refractivity contribution in [3.63, 3.8) is 0 Å². The van der Waals surface area contributed by atoms with Crippen LogP contribution < -0.4 is 9.64 Å². The Kier molecular flexibility index (Phi) is 7.27. The molecule has 0 aromatic heterocycles. The van der Waals surface area contributed by atoms with E-state index in [0.29, 0.717) is 23.5 Å². The minimum atomic E-state index is -3.38. The number of hydrogen-bond donors (Lipinski definition) is 1. The number of methoxy groups -OCH3 is 1. The minimum Gasteiger partial charge on any atom is -0.497 e. The highest BCUT2D eigenvalue weighted by Gasteiger charge is 2.66. The van der Waals surface area contributed by atoms with E-state index in [9.17, 15) is 14.7 Å². The number of carbonyl (C=O) groups excluding carboxylic acids is 2. The molecule has 1 fully saturated rings. The number of aliphatic hydroxyl groups excluding tert-OH is 1. The maximum Gasteiger partial charge on any atom is 0.264 e. The van der Waals surface area contributed by atoms with E-state index in [0.717, 1.165) is 5.56 Å². The number of halogens is 1. The van der Waals surface area contributed by atoms with E-state index in [4.69, 9.17) is 9.47 Å². The average molecular weight is 515 g/mol. The highest BCUT2D eigenvalue weighted by molar-refractivity contribution is 6.72. The molecule has 2 aromatic rings. The summed E-state index contributed by atoms with van der Waals surface area (Å²) in [5.74, 6) is -0.398. The molecule has 194 valence electrons. The molecule has 4 rings (SSSR count). The Bertz CT molecular complexity index is 1120. The standard InChI is InChI=1S/C27H35FN2O5Si/c1-18-25(36(4,5)28)23(16-24(32)30(13-14-31)17-19-9-7-6-8-10-19)35-27(18)21-15-20(34-3)11-12-22(21)29(2)26(27)33/h6-12,15,18,23,25,31H,13-14,16-17H2,1-5H3/t18-,23+,25-,27+/m0/s1. The van der Waals surface area contributed by atoms with Crippen LogP contribution in [0.25, 0.3) is 0 Å². The Morgan fingerprint density at radius 3 is 2.56 bits per heavy atom. The van der Waals surface area contributed by atoms with Crippen molar-refractivity contribution in [1.29, 1.82) is 0 Å². The first-order chi connectivity index (χ1) is 17.0. The number of aliphatic hydroxyl groups is 1. The normalized spacial score (nSPS) is 25.4. The third-order valence-corrected chi connectivity index (χ3v) is 10.1. The Balaban J connectivity index is 1.69. The van der Waals surface area contributed by atoms with Gasteiger partial charge in [-0.3, -0.25) is 9.59 Å². The zero-order valence-corrected chi connectivity index (χ0v) is 22.5. The summed E-state index contributed by atoms with van der Waals surface area (Å²) in [7, 11) is -0.139. The molecule has 2 aliphatic heterocycles. The number of ether oxygens (including phenoxy) is 2. The molecule has 2 aromatic carbocycles. The van der Waals surface area contributed by atoms with Crippen LogP contribution in [0.4, 0.5) is 9.80 Å². The summed E-state index contributed by atoms with van der Waals surface area (Å²) in [5.41, 5.74) is 0.316. The molecule has 0 radical (unpaired) electrons. The van der Waals surface area contributed by atoms with E-state index >= 15 is 4.11 Å². The maximum absolute atomic E-state index is 15.9. The van der Waals surface area contributed by atoms with Crippen LogP contribution >= 0.6 is 0 Å². The van der Waals surface area contributed by atoms with Crippen LogP contribution in [0.1, 0.15) is 24.5 Å². The smallest absolute Gasteiger partial charge is 0.264 e. The van der Waals surface area contributed by atoms with Crippen molar-refractivity contribution in [3.8, 4) is 5.75 Å². The number of carbonyl (C=O) groups is 2. The predicted octanol–water partition coefficient (Wildman–Crippen LogP) is 3.86. The van der Waals surface area contributed by atoms with Crippen molar-refractivity contribution in [3.05, 3.63) is 59.7 Å². The van der Waals surface area contributed by atoms with Crippen molar-refractivity contribution in [1.82, 2.24) is 4.90 Å². The lowest BCUT2D eigenvalue weighted by molar-refractivity contribution is -0.149. The second-order valence-corrected chi connectivity index (χ2v) is 14.0. The Hall–Kier alpha value is -2.75. The molecule has 4 atom stereocenters. The first kappa shape index (κ1) is 26.3. The van der Waals surface area contributed by atoms with Gasteiger partial charge in [-0.1, -0.05) is 37.3 Å². The quantitative estimate of drug-likeness (QED) is 0.428. The van der Waals surface area contributed by atoms with Crippen LogP contribution in [0, 0.1) is 5.92 Å². The molecule has 0 aliphatic carbocycles. The Labute approximate surface area is 213 Å². The molecule has 2 amide bonds. The third kappa shape index (κ3) is 4.44. The molecule has 0 bridgehead atoms. The third-order valence-electron chi connectivity index (χ3n) is 7.61. The van der Waals surface area contributed by atoms with Gasteiger partial charge in [0, 0.05) is 37.2 Å². The van der Waals surface area contributed by atoms with Crippen LogP contribution in [0.3, 0.4) is 0 Å². The van der Waals surface area contributed by atoms with Crippen molar-refractivity contribution in [2.24, 2.45) is 5.92 Å². The molecular formula is C27H35FN2O5Si. The van der Waals surface area contributed by atoms with Crippen molar-refractivity contribution in [2.45, 2.75) is 50.2 Å². The number of fused-ring (bicyclic) bond motifs is 2. The second kappa shape index (κ2) is 9.95. The van der Waals surface area contributed by atoms with Gasteiger partial charge in [-0.25, -0.2) is 0 Å². The fourth-order valence-corrected chi connectivity index (χ4v) is 8.47. The van der Waals surface area contributed by atoms with Crippen molar-refractivity contribution < 1.29 is 28.3 Å². The van der Waals surface area contributed by atoms with Crippen molar-refractivity contribution in [2.75, 3.05) is 32.2 Å². The Morgan fingerprint density at radius 1 is 1.25 bits per heavy atom. The van der Waals surface area contributed by atoms with Crippen LogP contribution in [0.2, 0.25) is 18.6 Å². The summed E-state index contributed by atoms with van der Waals surface area (Å²) in [5, 5.41) is 9.60. The van der Waals surface area contributed by atoms with Crippen LogP contribution in [-0.2, 0) is 26.5 Å². The first-order valence-electron chi connectivity index (χ1n) is 12.3. The minimum absolute atomic E-state index is 0.0692. The van der Waals surface area contributed by atoms with Gasteiger partial charge in [0.25, 0.3) is 5.91 Å². The van der Waals surface area contributed by atoms with E-state index in [1.807, 2.05) is 43.3 Å². The summed E-state index contributed by atoms with van der Waals surface area (Å²) in [6, 6.07) is 14.9. The van der Waals surface area contributed by atoms with Gasteiger partial charge in [0.15, 0.2) is 5.60 Å². The number of amides is 2. The zero-order valence-electron chi connectivity index (χ0n) is 21.5. The van der Waals surface area contributed by atoms with Gasteiger partial charge < -0.3 is 28.5 Å². The summed E-state index contributed by atoms with van der Waals surface area (Å²) >= 11 is 0. The molecule has 9 heteroatoms. The van der Waals surface area contributed by atoms with E-state index in [1.165, 1.54) is 0 Å². The monoisotopic (exact) mass is 514 g/mol. The summed E-state index contributed by atoms with van der Waals surface area (Å²) in [6.45, 7) is 5.38. The predicted molar refractivity (Wildman–Crippen MR) is 138 cm³/mol. The topological polar surface area (TPSA) is 79.3 Å². The molecule has 2 heterocycles. The zero-order chi connectivity index (χ0) is 26.3. The highest BCUT2D eigenvalue weighted by Crippen LogP contribution is 2.60. The van der Waals surface area contributed by atoms with Gasteiger partial charge in [0.1, 0.15) is 5.75 Å². The molecular weight excluding hydrogens is 479 g/mol. The lowest BCUT2D eigenvalue weighted by atomic mass is 9.82. The first-order valence-corrected chi connectivity index (χ1v) is 15.3. The van der Waals surface area contributed by atoms with Crippen LogP contribution in [0.15, 0.2) is 48.5 Å². The lowest BCUT2D eigenvalue weighted by Crippen LogP contribution is -2.44. The van der Waals surface area contributed by atoms with E-state index in [2.05, 4.69) is 0 Å². The van der Waals surface area contributed by atoms with Gasteiger partial charge in [0.2, 0.25) is 14.3 Å². The van der Waals surface area contributed by atoms with E-state index in [-0.39, 0.29) is 31.4 Å². The number of hydrogen-bond acceptors (Lipinski definition) is 5. The molecule has 1 saturated heterocycles. The second-order valence-electron chi connectivity index (χ2n) is 10.2. The number of rotatable bonds is 8. The largest absolute Gasteiger partial charge is 0.497 e. The molecule has 2 aliphatic rings. The van der Waals surface area contributed by atoms with E-state index < -0.39 is 31.6 Å². The summed E-state index contributed by atoms with van der Waals surface area (Å²) in [6.07, 6.45) is -0.842. The van der Waals surface area contributed by atoms with Crippen LogP contribution in [-0.4, -0.2) is 63.6 Å². The highest BCUT2D eigenvalue weighted by atomic mass is 28.4. The molecule has 1 spiro atoms. The Morgan fingerprint density at radius 2 is 1.94 bits per heavy atom. The summed E-state index contributed by atoms with van der Waals surface area (Å²) < 4.78 is 27.8. The average Bonchev–Trinajstić information content (AvgIpc) is 3.25. The number of anilines is 1. The molecule has 7 nitrogen and oxygen atoms in total. The number of nitrogens with zero attached hydrogens (tertiary/aromatic N) is 2. The van der Waals surface area contributed by atoms with Gasteiger partial charge >= 0.3 is 0 Å². The molecule has 0 saturated carbocycles. The SMILES string of the molecule is COc1ccc2c(c1)[C@@]1(O[C@H](CC(=O)N(CCO)Cc3ccccc3)[C@@H]([Si](C)(C)F)[C@@H]1C)C(=O)N2C. The van der Waals surface area contributed by atoms with Gasteiger partial charge in [-0.15, -0.1) is 0 Å². The fourth-order valence-electron chi connectivity index (χ4n) is 5.98. The maximum atomic E-state index is 15.9. The molecule has 1 N–H and O–H groups in total. The lowest BCUT2D eigenvalue weighted by Gasteiger charge is -2.31. The van der Waals surface area contributed by atoms with Crippen LogP contribution in [0.5, 0.6) is 5.75 Å². The fraction of sp³-hybridized carbons (Fsp3) is 0.481. The summed E-state index contributed by atoms with van der Waals surface area (Å²) in [4.78, 5) is 30.3.